The van der Waals surface area contributed by atoms with E-state index in [-0.39, 0.29) is 5.97 Å². The lowest BCUT2D eigenvalue weighted by atomic mass is 9.71. The minimum Gasteiger partial charge on any atom is -0.465 e. The first-order chi connectivity index (χ1) is 7.54. The molecule has 0 amide bonds. The van der Waals surface area contributed by atoms with Gasteiger partial charge in [0, 0.05) is 0 Å². The number of carbonyl (C=O) groups is 1. The average molecular weight is 227 g/mol. The van der Waals surface area contributed by atoms with Crippen molar-refractivity contribution in [2.24, 2.45) is 11.8 Å². The van der Waals surface area contributed by atoms with Crippen molar-refractivity contribution < 1.29 is 9.53 Å². The summed E-state index contributed by atoms with van der Waals surface area (Å²) in [5.41, 5.74) is -0.429. The molecule has 94 valence electrons. The van der Waals surface area contributed by atoms with Crippen molar-refractivity contribution in [3.05, 3.63) is 0 Å². The first-order valence-electron chi connectivity index (χ1n) is 6.46. The average Bonchev–Trinajstić information content (AvgIpc) is 2.16. The fourth-order valence-corrected chi connectivity index (χ4v) is 3.12. The van der Waals surface area contributed by atoms with Gasteiger partial charge in [0.1, 0.15) is 5.54 Å². The molecule has 0 radical (unpaired) electrons. The second-order valence-corrected chi connectivity index (χ2v) is 5.19. The van der Waals surface area contributed by atoms with Crippen LogP contribution in [0.4, 0.5) is 0 Å². The third-order valence-corrected chi connectivity index (χ3v) is 3.38. The monoisotopic (exact) mass is 227 g/mol. The predicted molar refractivity (Wildman–Crippen MR) is 65.2 cm³/mol. The summed E-state index contributed by atoms with van der Waals surface area (Å²) in [7, 11) is 0. The van der Waals surface area contributed by atoms with Crippen LogP contribution in [-0.2, 0) is 9.53 Å². The van der Waals surface area contributed by atoms with Crippen LogP contribution in [-0.4, -0.2) is 24.7 Å². The summed E-state index contributed by atoms with van der Waals surface area (Å²) in [5, 5.41) is 3.37. The van der Waals surface area contributed by atoms with Crippen molar-refractivity contribution in [2.75, 3.05) is 13.2 Å². The van der Waals surface area contributed by atoms with Gasteiger partial charge in [-0.15, -0.1) is 0 Å². The molecule has 2 unspecified atom stereocenters. The van der Waals surface area contributed by atoms with Gasteiger partial charge in [-0.1, -0.05) is 20.8 Å². The van der Waals surface area contributed by atoms with E-state index in [1.54, 1.807) is 0 Å². The highest BCUT2D eigenvalue weighted by atomic mass is 16.5. The Hall–Kier alpha value is -0.570. The second kappa shape index (κ2) is 5.67. The van der Waals surface area contributed by atoms with Crippen LogP contribution in [0.25, 0.3) is 0 Å². The minimum atomic E-state index is -0.429. The number of ether oxygens (including phenoxy) is 1. The standard InChI is InChI=1S/C13H25NO2/c1-5-14-13(12(15)16-6-2)8-10(3)7-11(4)9-13/h10-11,14H,5-9H2,1-4H3. The molecule has 2 atom stereocenters. The van der Waals surface area contributed by atoms with E-state index in [1.807, 2.05) is 13.8 Å². The largest absolute Gasteiger partial charge is 0.465 e. The van der Waals surface area contributed by atoms with Crippen molar-refractivity contribution >= 4 is 5.97 Å². The Morgan fingerprint density at radius 1 is 1.31 bits per heavy atom. The Labute approximate surface area is 98.9 Å². The summed E-state index contributed by atoms with van der Waals surface area (Å²) >= 11 is 0. The number of likely N-dealkylation sites (N-methyl/N-ethyl adjacent to an activating group) is 1. The second-order valence-electron chi connectivity index (χ2n) is 5.19. The first-order valence-corrected chi connectivity index (χ1v) is 6.46. The van der Waals surface area contributed by atoms with Crippen LogP contribution in [0.2, 0.25) is 0 Å². The molecule has 16 heavy (non-hydrogen) atoms. The summed E-state index contributed by atoms with van der Waals surface area (Å²) in [4.78, 5) is 12.1. The lowest BCUT2D eigenvalue weighted by molar-refractivity contribution is -0.154. The molecule has 0 aromatic rings. The minimum absolute atomic E-state index is 0.0600. The van der Waals surface area contributed by atoms with E-state index < -0.39 is 5.54 Å². The Morgan fingerprint density at radius 2 is 1.88 bits per heavy atom. The predicted octanol–water partition coefficient (Wildman–Crippen LogP) is 2.35. The van der Waals surface area contributed by atoms with Gasteiger partial charge in [-0.05, 0) is 44.6 Å². The molecule has 0 aliphatic heterocycles. The normalized spacial score (nSPS) is 34.8. The zero-order valence-corrected chi connectivity index (χ0v) is 11.0. The lowest BCUT2D eigenvalue weighted by Crippen LogP contribution is -2.56. The van der Waals surface area contributed by atoms with E-state index in [0.29, 0.717) is 18.4 Å². The molecule has 1 fully saturated rings. The highest BCUT2D eigenvalue weighted by molar-refractivity contribution is 5.81. The molecule has 3 heteroatoms. The van der Waals surface area contributed by atoms with Crippen LogP contribution in [0.5, 0.6) is 0 Å². The van der Waals surface area contributed by atoms with Crippen LogP contribution in [0, 0.1) is 11.8 Å². The van der Waals surface area contributed by atoms with Gasteiger partial charge < -0.3 is 10.1 Å². The van der Waals surface area contributed by atoms with Gasteiger partial charge in [-0.25, -0.2) is 0 Å². The fraction of sp³-hybridized carbons (Fsp3) is 0.923. The molecule has 0 saturated heterocycles. The van der Waals surface area contributed by atoms with Crippen LogP contribution in [0.3, 0.4) is 0 Å². The number of nitrogens with one attached hydrogen (secondary N) is 1. The van der Waals surface area contributed by atoms with Crippen LogP contribution >= 0.6 is 0 Å². The summed E-state index contributed by atoms with van der Waals surface area (Å²) < 4.78 is 5.23. The third-order valence-electron chi connectivity index (χ3n) is 3.38. The Kier molecular flexibility index (Phi) is 4.78. The molecule has 0 aromatic carbocycles. The molecular formula is C13H25NO2. The van der Waals surface area contributed by atoms with E-state index in [9.17, 15) is 4.79 Å². The molecule has 1 saturated carbocycles. The number of rotatable bonds is 4. The molecule has 3 nitrogen and oxygen atoms in total. The van der Waals surface area contributed by atoms with E-state index in [1.165, 1.54) is 6.42 Å². The summed E-state index contributed by atoms with van der Waals surface area (Å²) in [5.74, 6) is 1.12. The van der Waals surface area contributed by atoms with E-state index in [0.717, 1.165) is 19.4 Å². The van der Waals surface area contributed by atoms with Crippen molar-refractivity contribution in [1.82, 2.24) is 5.32 Å². The highest BCUT2D eigenvalue weighted by Crippen LogP contribution is 2.36. The molecule has 1 aliphatic carbocycles. The lowest BCUT2D eigenvalue weighted by Gasteiger charge is -2.41. The maximum atomic E-state index is 12.1. The van der Waals surface area contributed by atoms with Gasteiger partial charge in [0.25, 0.3) is 0 Å². The highest BCUT2D eigenvalue weighted by Gasteiger charge is 2.44. The molecule has 0 bridgehead atoms. The zero-order chi connectivity index (χ0) is 12.2. The quantitative estimate of drug-likeness (QED) is 0.749. The van der Waals surface area contributed by atoms with Crippen LogP contribution in [0.1, 0.15) is 47.0 Å². The summed E-state index contributed by atoms with van der Waals surface area (Å²) in [6.45, 7) is 9.65. The maximum absolute atomic E-state index is 12.1. The third kappa shape index (κ3) is 2.97. The first kappa shape index (κ1) is 13.5. The molecule has 1 rings (SSSR count). The van der Waals surface area contributed by atoms with Crippen LogP contribution < -0.4 is 5.32 Å². The topological polar surface area (TPSA) is 38.3 Å². The zero-order valence-electron chi connectivity index (χ0n) is 11.0. The van der Waals surface area contributed by atoms with Gasteiger partial charge in [0.05, 0.1) is 6.61 Å². The van der Waals surface area contributed by atoms with Gasteiger partial charge in [0.2, 0.25) is 0 Å². The smallest absolute Gasteiger partial charge is 0.326 e. The summed E-state index contributed by atoms with van der Waals surface area (Å²) in [6.07, 6.45) is 3.03. The Bertz CT molecular complexity index is 230. The Balaban J connectivity index is 2.81. The van der Waals surface area contributed by atoms with E-state index >= 15 is 0 Å². The van der Waals surface area contributed by atoms with Crippen molar-refractivity contribution in [2.45, 2.75) is 52.5 Å². The van der Waals surface area contributed by atoms with E-state index in [2.05, 4.69) is 19.2 Å². The molecule has 0 aromatic heterocycles. The number of hydrogen-bond donors (Lipinski definition) is 1. The van der Waals surface area contributed by atoms with Crippen molar-refractivity contribution in [3.8, 4) is 0 Å². The van der Waals surface area contributed by atoms with Gasteiger partial charge in [-0.2, -0.15) is 0 Å². The van der Waals surface area contributed by atoms with Crippen molar-refractivity contribution in [3.63, 3.8) is 0 Å². The van der Waals surface area contributed by atoms with Gasteiger partial charge in [-0.3, -0.25) is 4.79 Å². The SMILES string of the molecule is CCNC1(C(=O)OCC)CC(C)CC(C)C1. The van der Waals surface area contributed by atoms with Crippen molar-refractivity contribution in [1.29, 1.82) is 0 Å². The molecule has 0 spiro atoms. The number of hydrogen-bond acceptors (Lipinski definition) is 3. The molecular weight excluding hydrogens is 202 g/mol. The molecule has 0 heterocycles. The van der Waals surface area contributed by atoms with Crippen LogP contribution in [0.15, 0.2) is 0 Å². The Morgan fingerprint density at radius 3 is 2.31 bits per heavy atom. The number of carbonyl (C=O) groups excluding carboxylic acids is 1. The summed E-state index contributed by atoms with van der Waals surface area (Å²) in [6, 6.07) is 0. The van der Waals surface area contributed by atoms with Gasteiger partial charge >= 0.3 is 5.97 Å². The molecule has 1 aliphatic rings. The number of esters is 1. The van der Waals surface area contributed by atoms with Gasteiger partial charge in [0.15, 0.2) is 0 Å². The van der Waals surface area contributed by atoms with E-state index in [4.69, 9.17) is 4.74 Å². The molecule has 1 N–H and O–H groups in total. The fourth-order valence-electron chi connectivity index (χ4n) is 3.12. The maximum Gasteiger partial charge on any atom is 0.326 e.